The zero-order valence-corrected chi connectivity index (χ0v) is 18.3. The lowest BCUT2D eigenvalue weighted by Crippen LogP contribution is -2.53. The first-order chi connectivity index (χ1) is 13.7. The van der Waals surface area contributed by atoms with E-state index in [2.05, 4.69) is 24.0 Å². The van der Waals surface area contributed by atoms with Gasteiger partial charge in [0.1, 0.15) is 0 Å². The highest BCUT2D eigenvalue weighted by Crippen LogP contribution is 2.22. The summed E-state index contributed by atoms with van der Waals surface area (Å²) >= 11 is 0. The summed E-state index contributed by atoms with van der Waals surface area (Å²) in [7, 11) is -0.600. The van der Waals surface area contributed by atoms with E-state index in [0.717, 1.165) is 13.1 Å². The Morgan fingerprint density at radius 3 is 2.41 bits per heavy atom. The summed E-state index contributed by atoms with van der Waals surface area (Å²) in [6.07, 6.45) is 0. The van der Waals surface area contributed by atoms with Crippen LogP contribution in [0.15, 0.2) is 53.4 Å². The van der Waals surface area contributed by atoms with E-state index in [-0.39, 0.29) is 16.8 Å². The highest BCUT2D eigenvalue weighted by molar-refractivity contribution is 7.89. The van der Waals surface area contributed by atoms with Crippen LogP contribution in [0.3, 0.4) is 0 Å². The summed E-state index contributed by atoms with van der Waals surface area (Å²) < 4.78 is 26.3. The Kier molecular flexibility index (Phi) is 6.41. The lowest BCUT2D eigenvalue weighted by molar-refractivity contribution is 0.0495. The first-order valence-electron chi connectivity index (χ1n) is 9.80. The number of benzene rings is 2. The lowest BCUT2D eigenvalue weighted by atomic mass is 10.1. The summed E-state index contributed by atoms with van der Waals surface area (Å²) in [5.74, 6) is -0.119. The Morgan fingerprint density at radius 2 is 1.79 bits per heavy atom. The molecule has 1 fully saturated rings. The molecule has 1 aliphatic heterocycles. The van der Waals surface area contributed by atoms with Crippen molar-refractivity contribution < 1.29 is 13.2 Å². The minimum atomic E-state index is -3.59. The number of aryl methyl sites for hydroxylation is 1. The van der Waals surface area contributed by atoms with Crippen LogP contribution < -0.4 is 0 Å². The molecular formula is C22H29N3O3S. The topological polar surface area (TPSA) is 60.9 Å². The van der Waals surface area contributed by atoms with Crippen molar-refractivity contribution in [3.63, 3.8) is 0 Å². The highest BCUT2D eigenvalue weighted by Gasteiger charge is 2.28. The second-order valence-corrected chi connectivity index (χ2v) is 9.94. The molecule has 1 atom stereocenters. The number of hydrogen-bond acceptors (Lipinski definition) is 4. The van der Waals surface area contributed by atoms with Gasteiger partial charge in [0.15, 0.2) is 0 Å². The van der Waals surface area contributed by atoms with Crippen molar-refractivity contribution in [1.29, 1.82) is 0 Å². The minimum Gasteiger partial charge on any atom is -0.336 e. The van der Waals surface area contributed by atoms with E-state index in [1.54, 1.807) is 19.1 Å². The number of piperazine rings is 1. The molecule has 0 spiro atoms. The molecule has 29 heavy (non-hydrogen) atoms. The predicted octanol–water partition coefficient (Wildman–Crippen LogP) is 2.59. The maximum atomic E-state index is 13.1. The second-order valence-electron chi connectivity index (χ2n) is 7.82. The average molecular weight is 416 g/mol. The molecular weight excluding hydrogens is 386 g/mol. The smallest absolute Gasteiger partial charge is 0.253 e. The fourth-order valence-electron chi connectivity index (χ4n) is 3.62. The van der Waals surface area contributed by atoms with Gasteiger partial charge in [-0.25, -0.2) is 12.7 Å². The summed E-state index contributed by atoms with van der Waals surface area (Å²) in [4.78, 5) is 17.4. The maximum Gasteiger partial charge on any atom is 0.253 e. The van der Waals surface area contributed by atoms with Crippen molar-refractivity contribution in [3.8, 4) is 0 Å². The normalized spacial score (nSPS) is 18.2. The molecule has 1 heterocycles. The molecule has 0 saturated carbocycles. The van der Waals surface area contributed by atoms with Gasteiger partial charge in [-0.1, -0.05) is 36.4 Å². The van der Waals surface area contributed by atoms with Crippen LogP contribution in [0, 0.1) is 6.92 Å². The largest absolute Gasteiger partial charge is 0.336 e. The van der Waals surface area contributed by atoms with Gasteiger partial charge in [-0.15, -0.1) is 0 Å². The number of hydrogen-bond donors (Lipinski definition) is 0. The van der Waals surface area contributed by atoms with Crippen LogP contribution in [0.1, 0.15) is 28.4 Å². The van der Waals surface area contributed by atoms with Crippen molar-refractivity contribution in [1.82, 2.24) is 14.1 Å². The van der Waals surface area contributed by atoms with Crippen LogP contribution >= 0.6 is 0 Å². The summed E-state index contributed by atoms with van der Waals surface area (Å²) in [6, 6.07) is 15.5. The van der Waals surface area contributed by atoms with E-state index < -0.39 is 10.0 Å². The van der Waals surface area contributed by atoms with Crippen molar-refractivity contribution in [2.75, 3.05) is 33.7 Å². The third-order valence-electron chi connectivity index (χ3n) is 5.47. The third kappa shape index (κ3) is 4.69. The van der Waals surface area contributed by atoms with E-state index in [1.165, 1.54) is 30.0 Å². The second kappa shape index (κ2) is 8.65. The summed E-state index contributed by atoms with van der Waals surface area (Å²) in [5.41, 5.74) is 2.31. The highest BCUT2D eigenvalue weighted by atomic mass is 32.2. The first-order valence-corrected chi connectivity index (χ1v) is 11.2. The summed E-state index contributed by atoms with van der Waals surface area (Å²) in [6.45, 7) is 6.76. The number of carbonyl (C=O) groups excluding carboxylic acids is 1. The lowest BCUT2D eigenvalue weighted by Gasteiger charge is -2.40. The molecule has 0 N–H and O–H groups in total. The number of nitrogens with zero attached hydrogens (tertiary/aromatic N) is 3. The van der Waals surface area contributed by atoms with Crippen molar-refractivity contribution in [2.24, 2.45) is 0 Å². The molecule has 1 aliphatic rings. The Bertz CT molecular complexity index is 974. The molecule has 7 heteroatoms. The molecule has 0 bridgehead atoms. The van der Waals surface area contributed by atoms with E-state index in [1.807, 2.05) is 23.1 Å². The molecule has 6 nitrogen and oxygen atoms in total. The predicted molar refractivity (Wildman–Crippen MR) is 114 cm³/mol. The van der Waals surface area contributed by atoms with Gasteiger partial charge in [0.2, 0.25) is 10.0 Å². The van der Waals surface area contributed by atoms with E-state index in [4.69, 9.17) is 0 Å². The van der Waals surface area contributed by atoms with E-state index in [9.17, 15) is 13.2 Å². The molecule has 3 rings (SSSR count). The van der Waals surface area contributed by atoms with Gasteiger partial charge in [0.25, 0.3) is 5.91 Å². The SMILES string of the molecule is Cc1ccc(C(=O)N2CCN(Cc3ccccc3)C(C)C2)cc1S(=O)(=O)N(C)C. The van der Waals surface area contributed by atoms with Gasteiger partial charge in [0.05, 0.1) is 4.90 Å². The standard InChI is InChI=1S/C22H29N3O3S/c1-17-10-11-20(14-21(17)29(27,28)23(3)4)22(26)25-13-12-24(18(2)15-25)16-19-8-6-5-7-9-19/h5-11,14,18H,12-13,15-16H2,1-4H3. The van der Waals surface area contributed by atoms with Crippen LogP contribution in [-0.4, -0.2) is 68.2 Å². The van der Waals surface area contributed by atoms with Crippen molar-refractivity contribution in [2.45, 2.75) is 31.3 Å². The number of carbonyl (C=O) groups is 1. The maximum absolute atomic E-state index is 13.1. The zero-order valence-electron chi connectivity index (χ0n) is 17.5. The molecule has 0 aromatic heterocycles. The Labute approximate surface area is 173 Å². The Morgan fingerprint density at radius 1 is 1.10 bits per heavy atom. The van der Waals surface area contributed by atoms with Gasteiger partial charge >= 0.3 is 0 Å². The van der Waals surface area contributed by atoms with Gasteiger partial charge in [-0.2, -0.15) is 0 Å². The van der Waals surface area contributed by atoms with E-state index >= 15 is 0 Å². The van der Waals surface area contributed by atoms with Gasteiger partial charge in [-0.3, -0.25) is 9.69 Å². The van der Waals surface area contributed by atoms with Crippen LogP contribution in [0.5, 0.6) is 0 Å². The van der Waals surface area contributed by atoms with Gasteiger partial charge < -0.3 is 4.90 Å². The average Bonchev–Trinajstić information content (AvgIpc) is 2.70. The van der Waals surface area contributed by atoms with Crippen LogP contribution in [0.25, 0.3) is 0 Å². The third-order valence-corrected chi connectivity index (χ3v) is 7.43. The monoisotopic (exact) mass is 415 g/mol. The summed E-state index contributed by atoms with van der Waals surface area (Å²) in [5, 5.41) is 0. The van der Waals surface area contributed by atoms with E-state index in [0.29, 0.717) is 24.2 Å². The number of rotatable bonds is 5. The fourth-order valence-corrected chi connectivity index (χ4v) is 4.77. The number of sulfonamides is 1. The fraction of sp³-hybridized carbons (Fsp3) is 0.409. The molecule has 2 aromatic carbocycles. The van der Waals surface area contributed by atoms with Gasteiger partial charge in [0, 0.05) is 51.9 Å². The van der Waals surface area contributed by atoms with Crippen molar-refractivity contribution in [3.05, 3.63) is 65.2 Å². The molecule has 2 aromatic rings. The van der Waals surface area contributed by atoms with Crippen LogP contribution in [0.4, 0.5) is 0 Å². The molecule has 0 radical (unpaired) electrons. The Balaban J connectivity index is 1.74. The van der Waals surface area contributed by atoms with Gasteiger partial charge in [-0.05, 0) is 37.1 Å². The Hall–Kier alpha value is -2.22. The molecule has 0 aliphatic carbocycles. The van der Waals surface area contributed by atoms with Crippen LogP contribution in [-0.2, 0) is 16.6 Å². The number of amides is 1. The molecule has 1 saturated heterocycles. The molecule has 156 valence electrons. The zero-order chi connectivity index (χ0) is 21.2. The molecule has 1 amide bonds. The quantitative estimate of drug-likeness (QED) is 0.753. The van der Waals surface area contributed by atoms with Crippen molar-refractivity contribution >= 4 is 15.9 Å². The van der Waals surface area contributed by atoms with Crippen LogP contribution in [0.2, 0.25) is 0 Å². The first kappa shape index (κ1) is 21.5. The minimum absolute atomic E-state index is 0.119. The molecule has 1 unspecified atom stereocenters.